The van der Waals surface area contributed by atoms with Gasteiger partial charge in [0.25, 0.3) is 5.95 Å². The minimum absolute atomic E-state index is 0.00405. The number of hydrogen-bond donors (Lipinski definition) is 1. The lowest BCUT2D eigenvalue weighted by Gasteiger charge is -2.19. The third-order valence-electron chi connectivity index (χ3n) is 5.43. The second-order valence-electron chi connectivity index (χ2n) is 7.49. The van der Waals surface area contributed by atoms with Gasteiger partial charge in [-0.15, -0.1) is 0 Å². The van der Waals surface area contributed by atoms with Crippen molar-refractivity contribution in [3.05, 3.63) is 47.8 Å². The first kappa shape index (κ1) is 17.9. The summed E-state index contributed by atoms with van der Waals surface area (Å²) in [5.41, 5.74) is 1.000. The monoisotopic (exact) mass is 371 g/mol. The molecule has 6 nitrogen and oxygen atoms in total. The van der Waals surface area contributed by atoms with Crippen LogP contribution in [0.3, 0.4) is 0 Å². The summed E-state index contributed by atoms with van der Waals surface area (Å²) in [4.78, 5) is 22.3. The molecule has 27 heavy (non-hydrogen) atoms. The Balaban J connectivity index is 1.30. The van der Waals surface area contributed by atoms with E-state index in [0.29, 0.717) is 29.8 Å². The molecule has 0 spiro atoms. The van der Waals surface area contributed by atoms with Crippen molar-refractivity contribution in [1.29, 1.82) is 0 Å². The number of rotatable bonds is 5. The Morgan fingerprint density at radius 2 is 2.00 bits per heavy atom. The van der Waals surface area contributed by atoms with E-state index in [1.807, 2.05) is 0 Å². The molecular weight excluding hydrogens is 349 g/mol. The topological polar surface area (TPSA) is 75.5 Å². The van der Waals surface area contributed by atoms with Gasteiger partial charge in [-0.25, -0.2) is 9.97 Å². The molecule has 2 aromatic rings. The van der Waals surface area contributed by atoms with E-state index in [-0.39, 0.29) is 23.4 Å². The SMILES string of the molecule is Cc1ccc(O[C@@H]2C[C@@H]3CN(CC(=O)c4ccc(O)cn4)C[C@@H]3C2)c(F)n1. The summed E-state index contributed by atoms with van der Waals surface area (Å²) in [5, 5.41) is 9.27. The van der Waals surface area contributed by atoms with E-state index in [2.05, 4.69) is 14.9 Å². The van der Waals surface area contributed by atoms with E-state index in [4.69, 9.17) is 4.74 Å². The number of hydrogen-bond acceptors (Lipinski definition) is 6. The summed E-state index contributed by atoms with van der Waals surface area (Å²) >= 11 is 0. The fraction of sp³-hybridized carbons (Fsp3) is 0.450. The number of fused-ring (bicyclic) bond motifs is 1. The number of halogens is 1. The minimum Gasteiger partial charge on any atom is -0.506 e. The van der Waals surface area contributed by atoms with Crippen molar-refractivity contribution in [2.24, 2.45) is 11.8 Å². The van der Waals surface area contributed by atoms with E-state index in [1.165, 1.54) is 12.3 Å². The second-order valence-corrected chi connectivity index (χ2v) is 7.49. The molecule has 1 aliphatic heterocycles. The van der Waals surface area contributed by atoms with Gasteiger partial charge in [-0.2, -0.15) is 4.39 Å². The zero-order chi connectivity index (χ0) is 19.0. The van der Waals surface area contributed by atoms with Gasteiger partial charge in [0.15, 0.2) is 11.5 Å². The van der Waals surface area contributed by atoms with Gasteiger partial charge in [-0.1, -0.05) is 0 Å². The van der Waals surface area contributed by atoms with Crippen LogP contribution in [0.1, 0.15) is 29.0 Å². The van der Waals surface area contributed by atoms with Crippen LogP contribution in [0, 0.1) is 24.7 Å². The van der Waals surface area contributed by atoms with Gasteiger partial charge < -0.3 is 9.84 Å². The smallest absolute Gasteiger partial charge is 0.255 e. The van der Waals surface area contributed by atoms with Gasteiger partial charge in [-0.05, 0) is 55.9 Å². The largest absolute Gasteiger partial charge is 0.506 e. The quantitative estimate of drug-likeness (QED) is 0.643. The number of carbonyl (C=O) groups excluding carboxylic acids is 1. The highest BCUT2D eigenvalue weighted by molar-refractivity contribution is 5.95. The van der Waals surface area contributed by atoms with Crippen molar-refractivity contribution in [2.75, 3.05) is 19.6 Å². The standard InChI is InChI=1S/C20H22FN3O3/c1-12-2-5-19(20(21)23-12)27-16-6-13-9-24(10-14(13)7-16)11-18(26)17-4-3-15(25)8-22-17/h2-5,8,13-14,16,25H,6-7,9-11H2,1H3/t13-,14+,16-. The normalized spacial score (nSPS) is 24.7. The van der Waals surface area contributed by atoms with Gasteiger partial charge in [-0.3, -0.25) is 9.69 Å². The van der Waals surface area contributed by atoms with E-state index >= 15 is 0 Å². The number of ketones is 1. The molecule has 2 fully saturated rings. The Bertz CT molecular complexity index is 829. The maximum atomic E-state index is 13.9. The van der Waals surface area contributed by atoms with Crippen molar-refractivity contribution in [3.63, 3.8) is 0 Å². The number of aromatic nitrogens is 2. The zero-order valence-electron chi connectivity index (χ0n) is 15.1. The molecule has 3 heterocycles. The van der Waals surface area contributed by atoms with Crippen LogP contribution in [-0.2, 0) is 0 Å². The molecule has 3 atom stereocenters. The molecule has 4 rings (SSSR count). The van der Waals surface area contributed by atoms with Crippen LogP contribution < -0.4 is 4.74 Å². The molecule has 1 saturated carbocycles. The molecule has 2 aliphatic rings. The molecule has 0 unspecified atom stereocenters. The van der Waals surface area contributed by atoms with Crippen molar-refractivity contribution >= 4 is 5.78 Å². The summed E-state index contributed by atoms with van der Waals surface area (Å²) in [5.74, 6) is 0.579. The van der Waals surface area contributed by atoms with Crippen LogP contribution in [0.5, 0.6) is 11.5 Å². The van der Waals surface area contributed by atoms with Gasteiger partial charge in [0.1, 0.15) is 11.4 Å². The summed E-state index contributed by atoms with van der Waals surface area (Å²) in [7, 11) is 0. The van der Waals surface area contributed by atoms with Crippen molar-refractivity contribution < 1.29 is 19.0 Å². The first-order valence-electron chi connectivity index (χ1n) is 9.18. The fourth-order valence-electron chi connectivity index (χ4n) is 4.18. The Morgan fingerprint density at radius 3 is 2.63 bits per heavy atom. The van der Waals surface area contributed by atoms with Crippen LogP contribution >= 0.6 is 0 Å². The lowest BCUT2D eigenvalue weighted by Crippen LogP contribution is -2.30. The Hall–Kier alpha value is -2.54. The summed E-state index contributed by atoms with van der Waals surface area (Å²) in [6, 6.07) is 6.41. The molecule has 0 aromatic carbocycles. The number of carbonyl (C=O) groups is 1. The van der Waals surface area contributed by atoms with Crippen LogP contribution in [0.25, 0.3) is 0 Å². The molecule has 2 aromatic heterocycles. The molecule has 0 radical (unpaired) electrons. The van der Waals surface area contributed by atoms with E-state index in [9.17, 15) is 14.3 Å². The number of aromatic hydroxyl groups is 1. The zero-order valence-corrected chi connectivity index (χ0v) is 15.1. The molecule has 0 bridgehead atoms. The number of Topliss-reactive ketones (excluding diaryl/α,β-unsaturated/α-hetero) is 1. The number of ether oxygens (including phenoxy) is 1. The van der Waals surface area contributed by atoms with Crippen LogP contribution in [0.2, 0.25) is 0 Å². The molecule has 1 aliphatic carbocycles. The summed E-state index contributed by atoms with van der Waals surface area (Å²) in [6.07, 6.45) is 3.00. The summed E-state index contributed by atoms with van der Waals surface area (Å²) in [6.45, 7) is 3.75. The average molecular weight is 371 g/mol. The van der Waals surface area contributed by atoms with Crippen LogP contribution in [0.15, 0.2) is 30.5 Å². The number of likely N-dealkylation sites (tertiary alicyclic amines) is 1. The van der Waals surface area contributed by atoms with Crippen molar-refractivity contribution in [2.45, 2.75) is 25.9 Å². The van der Waals surface area contributed by atoms with E-state index in [1.54, 1.807) is 25.1 Å². The van der Waals surface area contributed by atoms with Crippen LogP contribution in [0.4, 0.5) is 4.39 Å². The lowest BCUT2D eigenvalue weighted by atomic mass is 10.0. The lowest BCUT2D eigenvalue weighted by molar-refractivity contribution is 0.0931. The van der Waals surface area contributed by atoms with Crippen molar-refractivity contribution in [1.82, 2.24) is 14.9 Å². The third kappa shape index (κ3) is 3.93. The predicted molar refractivity (Wildman–Crippen MR) is 96.2 cm³/mol. The first-order valence-corrected chi connectivity index (χ1v) is 9.18. The fourth-order valence-corrected chi connectivity index (χ4v) is 4.18. The highest BCUT2D eigenvalue weighted by atomic mass is 19.1. The molecule has 1 N–H and O–H groups in total. The van der Waals surface area contributed by atoms with Gasteiger partial charge in [0.05, 0.1) is 18.8 Å². The molecule has 142 valence electrons. The Kier molecular flexibility index (Phi) is 4.78. The van der Waals surface area contributed by atoms with Gasteiger partial charge in [0, 0.05) is 18.8 Å². The molecule has 1 saturated heterocycles. The number of aryl methyl sites for hydroxylation is 1. The van der Waals surface area contributed by atoms with E-state index < -0.39 is 5.95 Å². The minimum atomic E-state index is -0.555. The Morgan fingerprint density at radius 1 is 1.26 bits per heavy atom. The van der Waals surface area contributed by atoms with Gasteiger partial charge >= 0.3 is 0 Å². The highest BCUT2D eigenvalue weighted by Gasteiger charge is 2.42. The van der Waals surface area contributed by atoms with Crippen molar-refractivity contribution in [3.8, 4) is 11.5 Å². The number of pyridine rings is 2. The average Bonchev–Trinajstić information content (AvgIpc) is 3.15. The first-order chi connectivity index (χ1) is 13.0. The number of nitrogens with zero attached hydrogens (tertiary/aromatic N) is 3. The maximum absolute atomic E-state index is 13.9. The molecule has 7 heteroatoms. The summed E-state index contributed by atoms with van der Waals surface area (Å²) < 4.78 is 19.7. The highest BCUT2D eigenvalue weighted by Crippen LogP contribution is 2.40. The third-order valence-corrected chi connectivity index (χ3v) is 5.43. The van der Waals surface area contributed by atoms with Crippen LogP contribution in [-0.4, -0.2) is 51.5 Å². The van der Waals surface area contributed by atoms with Gasteiger partial charge in [0.2, 0.25) is 0 Å². The van der Waals surface area contributed by atoms with E-state index in [0.717, 1.165) is 25.9 Å². The molecular formula is C20H22FN3O3. The maximum Gasteiger partial charge on any atom is 0.255 e. The second kappa shape index (κ2) is 7.23. The molecule has 0 amide bonds. The Labute approximate surface area is 157 Å². The predicted octanol–water partition coefficient (Wildman–Crippen LogP) is 2.60.